The summed E-state index contributed by atoms with van der Waals surface area (Å²) in [5.74, 6) is 0.862. The Hall–Kier alpha value is -2.17. The highest BCUT2D eigenvalue weighted by atomic mass is 16.2. The first-order valence-electron chi connectivity index (χ1n) is 11.4. The summed E-state index contributed by atoms with van der Waals surface area (Å²) >= 11 is 0. The topological polar surface area (TPSA) is 26.8 Å². The number of hydrogen-bond acceptors (Lipinski definition) is 3. The van der Waals surface area contributed by atoms with Crippen molar-refractivity contribution in [3.8, 4) is 0 Å². The molecule has 4 nitrogen and oxygen atoms in total. The number of likely N-dealkylation sites (tertiary alicyclic amines) is 1. The van der Waals surface area contributed by atoms with Crippen molar-refractivity contribution in [3.63, 3.8) is 0 Å². The molecule has 160 valence electrons. The molecule has 0 N–H and O–H groups in total. The van der Waals surface area contributed by atoms with Crippen LogP contribution in [0.2, 0.25) is 0 Å². The van der Waals surface area contributed by atoms with Gasteiger partial charge in [0.15, 0.2) is 0 Å². The molecule has 1 fully saturated rings. The first-order chi connectivity index (χ1) is 14.6. The lowest BCUT2D eigenvalue weighted by Gasteiger charge is -2.42. The van der Waals surface area contributed by atoms with Crippen LogP contribution in [0.15, 0.2) is 54.6 Å². The van der Waals surface area contributed by atoms with Crippen LogP contribution in [0.1, 0.15) is 36.0 Å². The Morgan fingerprint density at radius 1 is 1.00 bits per heavy atom. The van der Waals surface area contributed by atoms with E-state index in [0.29, 0.717) is 24.3 Å². The summed E-state index contributed by atoms with van der Waals surface area (Å²) in [7, 11) is 4.38. The monoisotopic (exact) mass is 405 g/mol. The number of nitrogens with zero attached hydrogens (tertiary/aromatic N) is 3. The molecular formula is C26H35N3O. The highest BCUT2D eigenvalue weighted by molar-refractivity contribution is 5.76. The van der Waals surface area contributed by atoms with Crippen molar-refractivity contribution in [2.75, 3.05) is 33.7 Å². The normalized spacial score (nSPS) is 22.2. The van der Waals surface area contributed by atoms with Crippen molar-refractivity contribution < 1.29 is 4.79 Å². The Bertz CT molecular complexity index is 835. The summed E-state index contributed by atoms with van der Waals surface area (Å²) in [6, 6.07) is 19.8. The zero-order chi connectivity index (χ0) is 20.9. The molecule has 0 aromatic heterocycles. The molecule has 1 amide bonds. The molecule has 30 heavy (non-hydrogen) atoms. The lowest BCUT2D eigenvalue weighted by molar-refractivity contribution is -0.132. The number of rotatable bonds is 6. The summed E-state index contributed by atoms with van der Waals surface area (Å²) in [5, 5.41) is 0. The molecule has 4 rings (SSSR count). The minimum Gasteiger partial charge on any atom is -0.338 e. The summed E-state index contributed by atoms with van der Waals surface area (Å²) in [6.07, 6.45) is 3.80. The maximum Gasteiger partial charge on any atom is 0.222 e. The quantitative estimate of drug-likeness (QED) is 0.731. The lowest BCUT2D eigenvalue weighted by atomic mass is 9.87. The number of benzene rings is 2. The van der Waals surface area contributed by atoms with Gasteiger partial charge in [0.25, 0.3) is 0 Å². The van der Waals surface area contributed by atoms with Gasteiger partial charge in [0, 0.05) is 38.6 Å². The van der Waals surface area contributed by atoms with Crippen LogP contribution in [0.3, 0.4) is 0 Å². The van der Waals surface area contributed by atoms with Crippen LogP contribution in [-0.4, -0.2) is 60.4 Å². The van der Waals surface area contributed by atoms with Gasteiger partial charge in [0.2, 0.25) is 5.91 Å². The fraction of sp³-hybridized carbons (Fsp3) is 0.500. The van der Waals surface area contributed by atoms with E-state index in [2.05, 4.69) is 83.4 Å². The van der Waals surface area contributed by atoms with Crippen LogP contribution in [0, 0.1) is 5.92 Å². The van der Waals surface area contributed by atoms with E-state index in [1.807, 2.05) is 0 Å². The van der Waals surface area contributed by atoms with E-state index in [0.717, 1.165) is 45.6 Å². The number of amides is 1. The van der Waals surface area contributed by atoms with E-state index >= 15 is 0 Å². The highest BCUT2D eigenvalue weighted by Crippen LogP contribution is 2.27. The van der Waals surface area contributed by atoms with E-state index < -0.39 is 0 Å². The van der Waals surface area contributed by atoms with Gasteiger partial charge in [-0.3, -0.25) is 9.69 Å². The molecule has 0 aliphatic carbocycles. The second kappa shape index (κ2) is 9.76. The first-order valence-corrected chi connectivity index (χ1v) is 11.4. The number of carbonyl (C=O) groups excluding carboxylic acids is 1. The van der Waals surface area contributed by atoms with E-state index in [9.17, 15) is 4.79 Å². The molecule has 2 heterocycles. The summed E-state index contributed by atoms with van der Waals surface area (Å²) in [5.41, 5.74) is 4.09. The van der Waals surface area contributed by atoms with Gasteiger partial charge in [-0.1, -0.05) is 54.6 Å². The molecule has 0 saturated carbocycles. The average Bonchev–Trinajstić information content (AvgIpc) is 2.77. The minimum absolute atomic E-state index is 0.321. The van der Waals surface area contributed by atoms with E-state index in [1.165, 1.54) is 23.1 Å². The Kier molecular flexibility index (Phi) is 6.86. The maximum absolute atomic E-state index is 13.0. The van der Waals surface area contributed by atoms with Crippen molar-refractivity contribution >= 4 is 5.91 Å². The molecule has 0 spiro atoms. The van der Waals surface area contributed by atoms with Crippen LogP contribution in [0.5, 0.6) is 0 Å². The summed E-state index contributed by atoms with van der Waals surface area (Å²) < 4.78 is 0. The molecule has 2 aromatic rings. The van der Waals surface area contributed by atoms with Gasteiger partial charge in [-0.05, 0) is 62.5 Å². The molecule has 2 aromatic carbocycles. The predicted molar refractivity (Wildman–Crippen MR) is 122 cm³/mol. The molecule has 0 unspecified atom stereocenters. The van der Waals surface area contributed by atoms with Crippen molar-refractivity contribution in [1.82, 2.24) is 14.7 Å². The Morgan fingerprint density at radius 2 is 1.73 bits per heavy atom. The number of hydrogen-bond donors (Lipinski definition) is 0. The molecule has 2 atom stereocenters. The summed E-state index contributed by atoms with van der Waals surface area (Å²) in [6.45, 7) is 4.85. The third-order valence-corrected chi connectivity index (χ3v) is 6.90. The zero-order valence-electron chi connectivity index (χ0n) is 18.5. The van der Waals surface area contributed by atoms with E-state index in [1.54, 1.807) is 0 Å². The van der Waals surface area contributed by atoms with E-state index in [-0.39, 0.29) is 0 Å². The van der Waals surface area contributed by atoms with Crippen molar-refractivity contribution in [2.45, 2.75) is 44.8 Å². The van der Waals surface area contributed by atoms with E-state index in [4.69, 9.17) is 0 Å². The van der Waals surface area contributed by atoms with Crippen molar-refractivity contribution in [2.24, 2.45) is 5.92 Å². The first kappa shape index (κ1) is 21.1. The minimum atomic E-state index is 0.321. The van der Waals surface area contributed by atoms with Crippen LogP contribution >= 0.6 is 0 Å². The Labute approximate surface area is 181 Å². The fourth-order valence-electron chi connectivity index (χ4n) is 5.22. The molecule has 4 heteroatoms. The van der Waals surface area contributed by atoms with Crippen LogP contribution in [-0.2, 0) is 24.3 Å². The maximum atomic E-state index is 13.0. The Morgan fingerprint density at radius 3 is 2.50 bits per heavy atom. The van der Waals surface area contributed by atoms with Crippen LogP contribution < -0.4 is 0 Å². The molecule has 0 radical (unpaired) electrons. The van der Waals surface area contributed by atoms with Gasteiger partial charge < -0.3 is 9.80 Å². The molecule has 1 saturated heterocycles. The largest absolute Gasteiger partial charge is 0.338 e. The number of piperidine rings is 1. The van der Waals surface area contributed by atoms with Gasteiger partial charge in [0.05, 0.1) is 0 Å². The van der Waals surface area contributed by atoms with Gasteiger partial charge in [0.1, 0.15) is 0 Å². The molecule has 2 aliphatic heterocycles. The van der Waals surface area contributed by atoms with Gasteiger partial charge in [-0.2, -0.15) is 0 Å². The SMILES string of the molecule is CN(C)[C@@H]1CCN(Cc2ccccc2)C[C@@H]1CCC(=O)N1CCc2ccccc2C1. The lowest BCUT2D eigenvalue weighted by Crippen LogP contribution is -2.49. The van der Waals surface area contributed by atoms with Crippen LogP contribution in [0.4, 0.5) is 0 Å². The van der Waals surface area contributed by atoms with Gasteiger partial charge in [-0.25, -0.2) is 0 Å². The number of carbonyl (C=O) groups is 1. The average molecular weight is 406 g/mol. The van der Waals surface area contributed by atoms with Crippen molar-refractivity contribution in [1.29, 1.82) is 0 Å². The smallest absolute Gasteiger partial charge is 0.222 e. The van der Waals surface area contributed by atoms with Gasteiger partial charge >= 0.3 is 0 Å². The Balaban J connectivity index is 1.34. The zero-order valence-corrected chi connectivity index (χ0v) is 18.5. The standard InChI is InChI=1S/C26H35N3O/c1-27(2)25-15-16-28(18-21-8-4-3-5-9-21)19-24(25)12-13-26(30)29-17-14-22-10-6-7-11-23(22)20-29/h3-11,24-25H,12-20H2,1-2H3/t24-,25+/m0/s1. The van der Waals surface area contributed by atoms with Gasteiger partial charge in [-0.15, -0.1) is 0 Å². The highest BCUT2D eigenvalue weighted by Gasteiger charge is 2.31. The third-order valence-electron chi connectivity index (χ3n) is 6.90. The molecule has 0 bridgehead atoms. The van der Waals surface area contributed by atoms with Crippen LogP contribution in [0.25, 0.3) is 0 Å². The third kappa shape index (κ3) is 5.11. The second-order valence-corrected chi connectivity index (χ2v) is 9.17. The second-order valence-electron chi connectivity index (χ2n) is 9.17. The fourth-order valence-corrected chi connectivity index (χ4v) is 5.22. The number of fused-ring (bicyclic) bond motifs is 1. The predicted octanol–water partition coefficient (Wildman–Crippen LogP) is 3.80. The molecule has 2 aliphatic rings. The molecular weight excluding hydrogens is 370 g/mol. The summed E-state index contributed by atoms with van der Waals surface area (Å²) in [4.78, 5) is 20.0. The van der Waals surface area contributed by atoms with Crippen molar-refractivity contribution in [3.05, 3.63) is 71.3 Å².